The van der Waals surface area contributed by atoms with E-state index >= 15 is 0 Å². The van der Waals surface area contributed by atoms with Gasteiger partial charge in [0.15, 0.2) is 0 Å². The van der Waals surface area contributed by atoms with Crippen molar-refractivity contribution in [1.29, 1.82) is 0 Å². The van der Waals surface area contributed by atoms with Crippen LogP contribution >= 0.6 is 0 Å². The number of hydrogen-bond acceptors (Lipinski definition) is 6. The Morgan fingerprint density at radius 1 is 1.15 bits per heavy atom. The number of nitrogens with one attached hydrogen (secondary N) is 3. The van der Waals surface area contributed by atoms with Crippen LogP contribution in [0.4, 0.5) is 0 Å². The molecule has 0 aliphatic heterocycles. The van der Waals surface area contributed by atoms with Gasteiger partial charge in [0.25, 0.3) is 5.91 Å². The SMILES string of the molecule is Cc1noc(C)c1COc1cccc(C(=O)NNC(=O)C(=O)NC(C)C)c1. The molecular weight excluding hydrogens is 352 g/mol. The van der Waals surface area contributed by atoms with Gasteiger partial charge in [-0.25, -0.2) is 0 Å². The van der Waals surface area contributed by atoms with E-state index < -0.39 is 17.7 Å². The molecular formula is C18H22N4O5. The fraction of sp³-hybridized carbons (Fsp3) is 0.333. The van der Waals surface area contributed by atoms with Gasteiger partial charge in [-0.05, 0) is 45.9 Å². The van der Waals surface area contributed by atoms with E-state index in [2.05, 4.69) is 21.3 Å². The van der Waals surface area contributed by atoms with Crippen molar-refractivity contribution in [3.8, 4) is 5.75 Å². The molecule has 0 saturated carbocycles. The van der Waals surface area contributed by atoms with Gasteiger partial charge >= 0.3 is 11.8 Å². The zero-order chi connectivity index (χ0) is 20.0. The molecule has 3 amide bonds. The summed E-state index contributed by atoms with van der Waals surface area (Å²) < 4.78 is 10.8. The van der Waals surface area contributed by atoms with Gasteiger partial charge in [0.05, 0.1) is 11.3 Å². The molecule has 0 aliphatic carbocycles. The van der Waals surface area contributed by atoms with Crippen LogP contribution in [0.15, 0.2) is 28.8 Å². The van der Waals surface area contributed by atoms with Crippen LogP contribution in [0, 0.1) is 13.8 Å². The summed E-state index contributed by atoms with van der Waals surface area (Å²) in [5, 5.41) is 6.27. The van der Waals surface area contributed by atoms with Gasteiger partial charge in [-0.1, -0.05) is 11.2 Å². The van der Waals surface area contributed by atoms with Crippen LogP contribution in [0.25, 0.3) is 0 Å². The van der Waals surface area contributed by atoms with Crippen LogP contribution in [0.5, 0.6) is 5.75 Å². The Labute approximate surface area is 156 Å². The highest BCUT2D eigenvalue weighted by molar-refractivity contribution is 6.35. The third-order valence-electron chi connectivity index (χ3n) is 3.58. The molecule has 1 aromatic carbocycles. The third-order valence-corrected chi connectivity index (χ3v) is 3.58. The minimum Gasteiger partial charge on any atom is -0.489 e. The second-order valence-corrected chi connectivity index (χ2v) is 6.16. The van der Waals surface area contributed by atoms with Crippen LogP contribution in [-0.2, 0) is 16.2 Å². The molecule has 27 heavy (non-hydrogen) atoms. The van der Waals surface area contributed by atoms with Gasteiger partial charge < -0.3 is 14.6 Å². The maximum atomic E-state index is 12.1. The van der Waals surface area contributed by atoms with Crippen molar-refractivity contribution in [2.45, 2.75) is 40.3 Å². The molecule has 0 unspecified atom stereocenters. The number of amides is 3. The number of aryl methyl sites for hydroxylation is 2. The van der Waals surface area contributed by atoms with E-state index in [4.69, 9.17) is 9.26 Å². The molecule has 0 atom stereocenters. The summed E-state index contributed by atoms with van der Waals surface area (Å²) in [6.45, 7) is 7.30. The average Bonchev–Trinajstić information content (AvgIpc) is 2.95. The number of hydrazine groups is 1. The topological polar surface area (TPSA) is 123 Å². The highest BCUT2D eigenvalue weighted by Gasteiger charge is 2.16. The van der Waals surface area contributed by atoms with Crippen molar-refractivity contribution in [2.75, 3.05) is 0 Å². The summed E-state index contributed by atoms with van der Waals surface area (Å²) in [6, 6.07) is 6.23. The predicted molar refractivity (Wildman–Crippen MR) is 95.6 cm³/mol. The number of aromatic nitrogens is 1. The smallest absolute Gasteiger partial charge is 0.327 e. The van der Waals surface area contributed by atoms with Crippen LogP contribution in [0.3, 0.4) is 0 Å². The molecule has 0 bridgehead atoms. The molecule has 1 aromatic heterocycles. The monoisotopic (exact) mass is 374 g/mol. The first-order chi connectivity index (χ1) is 12.8. The Bertz CT molecular complexity index is 825. The van der Waals surface area contributed by atoms with E-state index in [-0.39, 0.29) is 18.2 Å². The molecule has 0 spiro atoms. The van der Waals surface area contributed by atoms with Crippen LogP contribution in [0.1, 0.15) is 41.2 Å². The standard InChI is InChI=1S/C18H22N4O5/c1-10(2)19-17(24)18(25)21-20-16(23)13-6-5-7-14(8-13)26-9-15-11(3)22-27-12(15)4/h5-8,10H,9H2,1-4H3,(H,19,24)(H,20,23)(H,21,25). The van der Waals surface area contributed by atoms with Gasteiger partial charge in [0, 0.05) is 11.6 Å². The van der Waals surface area contributed by atoms with E-state index in [0.29, 0.717) is 11.5 Å². The van der Waals surface area contributed by atoms with Gasteiger partial charge in [0.2, 0.25) is 0 Å². The number of benzene rings is 1. The minimum absolute atomic E-state index is 0.189. The molecule has 9 nitrogen and oxygen atoms in total. The van der Waals surface area contributed by atoms with Crippen LogP contribution in [-0.4, -0.2) is 28.9 Å². The summed E-state index contributed by atoms with van der Waals surface area (Å²) in [5.74, 6) is -1.23. The summed E-state index contributed by atoms with van der Waals surface area (Å²) in [4.78, 5) is 35.3. The average molecular weight is 374 g/mol. The lowest BCUT2D eigenvalue weighted by Gasteiger charge is -2.10. The van der Waals surface area contributed by atoms with Crippen molar-refractivity contribution < 1.29 is 23.6 Å². The number of rotatable bonds is 5. The Morgan fingerprint density at radius 3 is 2.52 bits per heavy atom. The normalized spacial score (nSPS) is 10.4. The number of ether oxygens (including phenoxy) is 1. The lowest BCUT2D eigenvalue weighted by molar-refractivity contribution is -0.139. The number of carbonyl (C=O) groups excluding carboxylic acids is 3. The van der Waals surface area contributed by atoms with E-state index in [1.165, 1.54) is 6.07 Å². The molecule has 0 fully saturated rings. The van der Waals surface area contributed by atoms with Gasteiger partial charge in [0.1, 0.15) is 18.1 Å². The van der Waals surface area contributed by atoms with Crippen molar-refractivity contribution in [1.82, 2.24) is 21.3 Å². The molecule has 0 radical (unpaired) electrons. The number of hydrogen-bond donors (Lipinski definition) is 3. The van der Waals surface area contributed by atoms with E-state index in [9.17, 15) is 14.4 Å². The van der Waals surface area contributed by atoms with Crippen LogP contribution < -0.4 is 20.9 Å². The second-order valence-electron chi connectivity index (χ2n) is 6.16. The maximum absolute atomic E-state index is 12.1. The Morgan fingerprint density at radius 2 is 1.89 bits per heavy atom. The minimum atomic E-state index is -0.956. The summed E-state index contributed by atoms with van der Waals surface area (Å²) in [6.07, 6.45) is 0. The highest BCUT2D eigenvalue weighted by atomic mass is 16.5. The van der Waals surface area contributed by atoms with E-state index in [1.807, 2.05) is 6.92 Å². The van der Waals surface area contributed by atoms with Crippen molar-refractivity contribution >= 4 is 17.7 Å². The predicted octanol–water partition coefficient (Wildman–Crippen LogP) is 1.16. The molecule has 0 saturated heterocycles. The Balaban J connectivity index is 1.93. The van der Waals surface area contributed by atoms with Crippen LogP contribution in [0.2, 0.25) is 0 Å². The first-order valence-electron chi connectivity index (χ1n) is 8.33. The van der Waals surface area contributed by atoms with Gasteiger partial charge in [-0.3, -0.25) is 25.2 Å². The summed E-state index contributed by atoms with van der Waals surface area (Å²) in [5.41, 5.74) is 6.09. The zero-order valence-electron chi connectivity index (χ0n) is 15.6. The molecule has 1 heterocycles. The quantitative estimate of drug-likeness (QED) is 0.533. The van der Waals surface area contributed by atoms with E-state index in [1.54, 1.807) is 39.0 Å². The first-order valence-corrected chi connectivity index (χ1v) is 8.33. The lowest BCUT2D eigenvalue weighted by Crippen LogP contribution is -2.49. The fourth-order valence-corrected chi connectivity index (χ4v) is 2.16. The highest BCUT2D eigenvalue weighted by Crippen LogP contribution is 2.18. The van der Waals surface area contributed by atoms with Crippen molar-refractivity contribution in [2.24, 2.45) is 0 Å². The maximum Gasteiger partial charge on any atom is 0.327 e. The summed E-state index contributed by atoms with van der Waals surface area (Å²) in [7, 11) is 0. The van der Waals surface area contributed by atoms with Gasteiger partial charge in [-0.15, -0.1) is 0 Å². The number of nitrogens with zero attached hydrogens (tertiary/aromatic N) is 1. The lowest BCUT2D eigenvalue weighted by atomic mass is 10.2. The van der Waals surface area contributed by atoms with E-state index in [0.717, 1.165) is 11.3 Å². The molecule has 2 aromatic rings. The molecule has 9 heteroatoms. The second kappa shape index (κ2) is 8.84. The molecule has 144 valence electrons. The van der Waals surface area contributed by atoms with Gasteiger partial charge in [-0.2, -0.15) is 0 Å². The first kappa shape index (κ1) is 20.0. The Hall–Kier alpha value is -3.36. The van der Waals surface area contributed by atoms with Crippen molar-refractivity contribution in [3.05, 3.63) is 46.8 Å². The largest absolute Gasteiger partial charge is 0.489 e. The third kappa shape index (κ3) is 5.56. The summed E-state index contributed by atoms with van der Waals surface area (Å²) >= 11 is 0. The molecule has 0 aliphatic rings. The fourth-order valence-electron chi connectivity index (χ4n) is 2.16. The zero-order valence-corrected chi connectivity index (χ0v) is 15.6. The molecule has 3 N–H and O–H groups in total. The number of carbonyl (C=O) groups is 3. The molecule has 2 rings (SSSR count). The van der Waals surface area contributed by atoms with Crippen molar-refractivity contribution in [3.63, 3.8) is 0 Å². The Kier molecular flexibility index (Phi) is 6.53.